The number of carbonyl (C=O) groups is 1. The van der Waals surface area contributed by atoms with Crippen molar-refractivity contribution in [2.24, 2.45) is 7.05 Å². The molecule has 6 heteroatoms. The second-order valence-electron chi connectivity index (χ2n) is 7.55. The predicted octanol–water partition coefficient (Wildman–Crippen LogP) is 4.25. The molecule has 0 fully saturated rings. The molecule has 4 aromatic rings. The van der Waals surface area contributed by atoms with Crippen LogP contribution in [0.5, 0.6) is 0 Å². The van der Waals surface area contributed by atoms with Gasteiger partial charge in [-0.2, -0.15) is 0 Å². The molecular formula is C26H28ClN2O2P. The summed E-state index contributed by atoms with van der Waals surface area (Å²) in [6, 6.07) is 34.1. The average molecular weight is 467 g/mol. The van der Waals surface area contributed by atoms with Gasteiger partial charge in [-0.15, -0.1) is 12.4 Å². The Bertz CT molecular complexity index is 1050. The Kier molecular flexibility index (Phi) is 7.84. The molecule has 0 unspecified atom stereocenters. The van der Waals surface area contributed by atoms with Gasteiger partial charge < -0.3 is 0 Å². The minimum atomic E-state index is -2.45. The van der Waals surface area contributed by atoms with Crippen molar-refractivity contribution in [3.05, 3.63) is 108 Å². The standard InChI is InChI=1S/C26H27N2O2P.ClH/c1-3-30-26(29)25-19-21(28(2)27-25)20-31(22-13-7-4-8-14-22,23-15-9-5-10-16-23)24-17-11-6-12-18-24;/h4-19,31H,3,20H2,1-2H3;1H. The van der Waals surface area contributed by atoms with E-state index in [1.807, 2.05) is 17.8 Å². The largest absolute Gasteiger partial charge is 0.147 e. The van der Waals surface area contributed by atoms with E-state index in [2.05, 4.69) is 96.1 Å². The third kappa shape index (κ3) is 4.62. The number of benzene rings is 3. The second-order valence-corrected chi connectivity index (χ2v) is 11.4. The topological polar surface area (TPSA) is 44.1 Å². The summed E-state index contributed by atoms with van der Waals surface area (Å²) in [5.41, 5.74) is 1.38. The number of aryl methyl sites for hydroxylation is 1. The van der Waals surface area contributed by atoms with Gasteiger partial charge in [0.2, 0.25) is 0 Å². The third-order valence-corrected chi connectivity index (χ3v) is 10.6. The van der Waals surface area contributed by atoms with E-state index in [9.17, 15) is 4.79 Å². The molecule has 3 aromatic carbocycles. The Morgan fingerprint density at radius 1 is 0.844 bits per heavy atom. The minimum absolute atomic E-state index is 0. The summed E-state index contributed by atoms with van der Waals surface area (Å²) >= 11 is 0. The molecule has 0 saturated carbocycles. The van der Waals surface area contributed by atoms with Crippen molar-refractivity contribution >= 4 is 41.6 Å². The van der Waals surface area contributed by atoms with E-state index in [1.54, 1.807) is 6.92 Å². The van der Waals surface area contributed by atoms with Crippen molar-refractivity contribution < 1.29 is 9.53 Å². The SMILES string of the molecule is CCOC(=O)c1cc(C[PH](c2ccccc2)(c2ccccc2)c2ccccc2)n(C)n1.Cl. The van der Waals surface area contributed by atoms with Crippen LogP contribution in [0.4, 0.5) is 0 Å². The summed E-state index contributed by atoms with van der Waals surface area (Å²) in [7, 11) is -0.548. The summed E-state index contributed by atoms with van der Waals surface area (Å²) in [4.78, 5) is 12.3. The van der Waals surface area contributed by atoms with Gasteiger partial charge in [-0.05, 0) is 0 Å². The van der Waals surface area contributed by atoms with E-state index in [-0.39, 0.29) is 18.4 Å². The van der Waals surface area contributed by atoms with Crippen LogP contribution in [0.2, 0.25) is 0 Å². The van der Waals surface area contributed by atoms with E-state index in [0.29, 0.717) is 12.3 Å². The molecule has 166 valence electrons. The van der Waals surface area contributed by atoms with Gasteiger partial charge >= 0.3 is 184 Å². The number of rotatable bonds is 7. The van der Waals surface area contributed by atoms with Crippen molar-refractivity contribution in [2.45, 2.75) is 13.1 Å². The number of carbonyl (C=O) groups excluding carboxylic acids is 1. The Labute approximate surface area is 196 Å². The van der Waals surface area contributed by atoms with Crippen molar-refractivity contribution in [1.29, 1.82) is 0 Å². The zero-order valence-corrected chi connectivity index (χ0v) is 20.1. The average Bonchev–Trinajstić information content (AvgIpc) is 3.19. The van der Waals surface area contributed by atoms with E-state index in [1.165, 1.54) is 15.9 Å². The molecule has 1 aromatic heterocycles. The van der Waals surface area contributed by atoms with Gasteiger partial charge in [0.25, 0.3) is 0 Å². The monoisotopic (exact) mass is 466 g/mol. The summed E-state index contributed by atoms with van der Waals surface area (Å²) < 4.78 is 7.00. The van der Waals surface area contributed by atoms with Gasteiger partial charge in [0.1, 0.15) is 0 Å². The van der Waals surface area contributed by atoms with Crippen LogP contribution in [-0.2, 0) is 17.9 Å². The molecule has 0 atom stereocenters. The Morgan fingerprint density at radius 2 is 1.28 bits per heavy atom. The van der Waals surface area contributed by atoms with Gasteiger partial charge in [0.15, 0.2) is 0 Å². The zero-order valence-electron chi connectivity index (χ0n) is 18.3. The molecule has 0 radical (unpaired) electrons. The van der Waals surface area contributed by atoms with Crippen LogP contribution in [0.1, 0.15) is 23.1 Å². The van der Waals surface area contributed by atoms with Crippen LogP contribution >= 0.6 is 19.7 Å². The van der Waals surface area contributed by atoms with E-state index in [0.717, 1.165) is 11.9 Å². The number of hydrogen-bond acceptors (Lipinski definition) is 3. The molecule has 4 rings (SSSR count). The Balaban J connectivity index is 0.00000289. The fourth-order valence-electron chi connectivity index (χ4n) is 4.22. The molecular weight excluding hydrogens is 439 g/mol. The summed E-state index contributed by atoms with van der Waals surface area (Å²) in [6.45, 7) is 2.14. The number of aromatic nitrogens is 2. The molecule has 1 heterocycles. The molecule has 0 aliphatic carbocycles. The summed E-state index contributed by atoms with van der Waals surface area (Å²) in [5, 5.41) is 8.43. The molecule has 0 bridgehead atoms. The van der Waals surface area contributed by atoms with Crippen molar-refractivity contribution in [2.75, 3.05) is 6.61 Å². The van der Waals surface area contributed by atoms with E-state index in [4.69, 9.17) is 4.74 Å². The molecule has 0 saturated heterocycles. The first-order valence-corrected chi connectivity index (χ1v) is 12.7. The van der Waals surface area contributed by atoms with Crippen LogP contribution in [0.25, 0.3) is 0 Å². The number of hydrogen-bond donors (Lipinski definition) is 0. The third-order valence-electron chi connectivity index (χ3n) is 5.71. The van der Waals surface area contributed by atoms with Gasteiger partial charge in [0, 0.05) is 0 Å². The van der Waals surface area contributed by atoms with Gasteiger partial charge in [0.05, 0.1) is 0 Å². The van der Waals surface area contributed by atoms with Crippen molar-refractivity contribution in [3.8, 4) is 0 Å². The Hall–Kier alpha value is -2.94. The quantitative estimate of drug-likeness (QED) is 0.302. The van der Waals surface area contributed by atoms with Gasteiger partial charge in [-0.1, -0.05) is 0 Å². The van der Waals surface area contributed by atoms with E-state index < -0.39 is 7.26 Å². The smallest absolute Gasteiger partial charge is 0.147 e. The Morgan fingerprint density at radius 3 is 1.69 bits per heavy atom. The molecule has 0 N–H and O–H groups in total. The minimum Gasteiger partial charge on any atom is -0.147 e. The van der Waals surface area contributed by atoms with Gasteiger partial charge in [-0.3, -0.25) is 0 Å². The number of esters is 1. The van der Waals surface area contributed by atoms with Gasteiger partial charge in [-0.25, -0.2) is 0 Å². The van der Waals surface area contributed by atoms with Crippen LogP contribution in [-0.4, -0.2) is 22.4 Å². The molecule has 0 aliphatic heterocycles. The second kappa shape index (κ2) is 10.6. The number of halogens is 1. The summed E-state index contributed by atoms with van der Waals surface area (Å²) in [6.07, 6.45) is 0.786. The maximum absolute atomic E-state index is 12.3. The molecule has 0 amide bonds. The first-order chi connectivity index (χ1) is 15.1. The molecule has 4 nitrogen and oxygen atoms in total. The first kappa shape index (κ1) is 23.7. The fraction of sp³-hybridized carbons (Fsp3) is 0.154. The van der Waals surface area contributed by atoms with Crippen LogP contribution < -0.4 is 15.9 Å². The van der Waals surface area contributed by atoms with Crippen molar-refractivity contribution in [3.63, 3.8) is 0 Å². The maximum atomic E-state index is 12.3. The first-order valence-electron chi connectivity index (χ1n) is 10.5. The number of nitrogens with zero attached hydrogens (tertiary/aromatic N) is 2. The zero-order chi connectivity index (χ0) is 21.7. The molecule has 32 heavy (non-hydrogen) atoms. The maximum Gasteiger partial charge on any atom is -0.147 e. The number of ether oxygens (including phenoxy) is 1. The fourth-order valence-corrected chi connectivity index (χ4v) is 8.99. The normalized spacial score (nSPS) is 11.4. The van der Waals surface area contributed by atoms with Crippen molar-refractivity contribution in [1.82, 2.24) is 9.78 Å². The van der Waals surface area contributed by atoms with Crippen LogP contribution in [0.15, 0.2) is 97.1 Å². The van der Waals surface area contributed by atoms with E-state index >= 15 is 0 Å². The predicted molar refractivity (Wildman–Crippen MR) is 137 cm³/mol. The summed E-state index contributed by atoms with van der Waals surface area (Å²) in [5.74, 6) is -0.379. The molecule has 0 spiro atoms. The van der Waals surface area contributed by atoms with Crippen LogP contribution in [0, 0.1) is 0 Å². The van der Waals surface area contributed by atoms with Crippen LogP contribution in [0.3, 0.4) is 0 Å². The molecule has 0 aliphatic rings.